The molecule has 96 valence electrons. The van der Waals surface area contributed by atoms with Gasteiger partial charge in [-0.3, -0.25) is 0 Å². The highest BCUT2D eigenvalue weighted by Crippen LogP contribution is 2.09. The van der Waals surface area contributed by atoms with Crippen LogP contribution in [0.1, 0.15) is 35.3 Å². The normalized spacial score (nSPS) is 10.5. The van der Waals surface area contributed by atoms with Crippen LogP contribution in [0.25, 0.3) is 0 Å². The number of rotatable bonds is 8. The minimum absolute atomic E-state index is 0.262. The molecular weight excluding hydrogens is 240 g/mol. The molecule has 5 nitrogen and oxygen atoms in total. The van der Waals surface area contributed by atoms with E-state index >= 15 is 0 Å². The smallest absolute Gasteiger partial charge is 0.357 e. The molecule has 0 unspecified atom stereocenters. The summed E-state index contributed by atoms with van der Waals surface area (Å²) in [6, 6.07) is 0. The maximum absolute atomic E-state index is 11.5. The third kappa shape index (κ3) is 5.25. The molecule has 1 rings (SSSR count). The zero-order chi connectivity index (χ0) is 12.5. The summed E-state index contributed by atoms with van der Waals surface area (Å²) in [6.07, 6.45) is 2.13. The summed E-state index contributed by atoms with van der Waals surface area (Å²) < 4.78 is 10.3. The molecule has 0 aliphatic carbocycles. The zero-order valence-electron chi connectivity index (χ0n) is 9.98. The Morgan fingerprint density at radius 2 is 2.29 bits per heavy atom. The quantitative estimate of drug-likeness (QED) is 0.566. The van der Waals surface area contributed by atoms with E-state index in [2.05, 4.69) is 11.9 Å². The molecule has 0 spiro atoms. The van der Waals surface area contributed by atoms with Crippen molar-refractivity contribution in [1.82, 2.24) is 4.98 Å². The van der Waals surface area contributed by atoms with Gasteiger partial charge in [0.05, 0.1) is 6.61 Å². The van der Waals surface area contributed by atoms with Gasteiger partial charge in [-0.15, -0.1) is 11.3 Å². The van der Waals surface area contributed by atoms with Crippen LogP contribution in [-0.4, -0.2) is 30.8 Å². The molecule has 0 aromatic carbocycles. The number of aromatic nitrogens is 1. The number of hydrogen-bond acceptors (Lipinski definition) is 6. The van der Waals surface area contributed by atoms with E-state index in [9.17, 15) is 4.79 Å². The van der Waals surface area contributed by atoms with Gasteiger partial charge in [0.25, 0.3) is 0 Å². The van der Waals surface area contributed by atoms with Crippen LogP contribution in [0.15, 0.2) is 5.38 Å². The third-order valence-corrected chi connectivity index (χ3v) is 2.91. The van der Waals surface area contributed by atoms with E-state index in [1.54, 1.807) is 5.38 Å². The molecule has 0 saturated carbocycles. The van der Waals surface area contributed by atoms with Crippen LogP contribution >= 0.6 is 11.3 Å². The SMILES string of the molecule is CCCCOCCOC(=O)c1csc(CN)n1. The fourth-order valence-corrected chi connectivity index (χ4v) is 1.76. The fraction of sp³-hybridized carbons (Fsp3) is 0.636. The number of nitrogens with two attached hydrogens (primary N) is 1. The van der Waals surface area contributed by atoms with E-state index in [1.165, 1.54) is 11.3 Å². The van der Waals surface area contributed by atoms with E-state index in [0.717, 1.165) is 17.8 Å². The zero-order valence-corrected chi connectivity index (χ0v) is 10.8. The lowest BCUT2D eigenvalue weighted by atomic mass is 10.4. The molecule has 0 bridgehead atoms. The first-order chi connectivity index (χ1) is 8.27. The second-order valence-electron chi connectivity index (χ2n) is 3.43. The van der Waals surface area contributed by atoms with Gasteiger partial charge in [0.2, 0.25) is 0 Å². The molecule has 6 heteroatoms. The Morgan fingerprint density at radius 1 is 1.47 bits per heavy atom. The second-order valence-corrected chi connectivity index (χ2v) is 4.38. The number of nitrogens with zero attached hydrogens (tertiary/aromatic N) is 1. The number of esters is 1. The molecule has 0 radical (unpaired) electrons. The van der Waals surface area contributed by atoms with E-state index in [0.29, 0.717) is 25.5 Å². The summed E-state index contributed by atoms with van der Waals surface area (Å²) in [6.45, 7) is 3.85. The molecule has 17 heavy (non-hydrogen) atoms. The number of thiazole rings is 1. The first kappa shape index (κ1) is 14.1. The number of hydrogen-bond donors (Lipinski definition) is 1. The summed E-state index contributed by atoms with van der Waals surface area (Å²) in [5, 5.41) is 2.39. The molecule has 2 N–H and O–H groups in total. The molecule has 0 aliphatic heterocycles. The number of unbranched alkanes of at least 4 members (excludes halogenated alkanes) is 1. The lowest BCUT2D eigenvalue weighted by Gasteiger charge is -2.04. The van der Waals surface area contributed by atoms with Gasteiger partial charge in [-0.2, -0.15) is 0 Å². The fourth-order valence-electron chi connectivity index (χ4n) is 1.11. The monoisotopic (exact) mass is 258 g/mol. The van der Waals surface area contributed by atoms with Gasteiger partial charge in [0, 0.05) is 18.5 Å². The van der Waals surface area contributed by atoms with Crippen LogP contribution in [0.5, 0.6) is 0 Å². The van der Waals surface area contributed by atoms with Gasteiger partial charge < -0.3 is 15.2 Å². The van der Waals surface area contributed by atoms with Gasteiger partial charge in [-0.1, -0.05) is 13.3 Å². The molecular formula is C11H18N2O3S. The highest BCUT2D eigenvalue weighted by molar-refractivity contribution is 7.09. The summed E-state index contributed by atoms with van der Waals surface area (Å²) in [7, 11) is 0. The highest BCUT2D eigenvalue weighted by Gasteiger charge is 2.11. The Kier molecular flexibility index (Phi) is 6.76. The molecule has 0 amide bonds. The summed E-state index contributed by atoms with van der Waals surface area (Å²) >= 11 is 1.36. The Bertz CT molecular complexity index is 341. The van der Waals surface area contributed by atoms with Crippen molar-refractivity contribution in [1.29, 1.82) is 0 Å². The van der Waals surface area contributed by atoms with E-state index in [4.69, 9.17) is 15.2 Å². The number of carbonyl (C=O) groups excluding carboxylic acids is 1. The van der Waals surface area contributed by atoms with Crippen molar-refractivity contribution in [3.8, 4) is 0 Å². The summed E-state index contributed by atoms with van der Waals surface area (Å²) in [4.78, 5) is 15.5. The highest BCUT2D eigenvalue weighted by atomic mass is 32.1. The summed E-state index contributed by atoms with van der Waals surface area (Å²) in [5.41, 5.74) is 5.73. The average Bonchev–Trinajstić information content (AvgIpc) is 2.82. The topological polar surface area (TPSA) is 74.4 Å². The second kappa shape index (κ2) is 8.16. The Balaban J connectivity index is 2.16. The molecule has 0 saturated heterocycles. The lowest BCUT2D eigenvalue weighted by molar-refractivity contribution is 0.0308. The van der Waals surface area contributed by atoms with Crippen molar-refractivity contribution in [3.63, 3.8) is 0 Å². The van der Waals surface area contributed by atoms with Crippen LogP contribution in [0.2, 0.25) is 0 Å². The largest absolute Gasteiger partial charge is 0.458 e. The predicted molar refractivity (Wildman–Crippen MR) is 66.0 cm³/mol. The minimum atomic E-state index is -0.417. The maximum Gasteiger partial charge on any atom is 0.357 e. The van der Waals surface area contributed by atoms with Gasteiger partial charge in [-0.25, -0.2) is 9.78 Å². The Morgan fingerprint density at radius 3 is 2.94 bits per heavy atom. The first-order valence-corrected chi connectivity index (χ1v) is 6.55. The molecule has 0 aliphatic rings. The van der Waals surface area contributed by atoms with Gasteiger partial charge in [0.1, 0.15) is 11.6 Å². The van der Waals surface area contributed by atoms with Crippen molar-refractivity contribution in [2.75, 3.05) is 19.8 Å². The number of carbonyl (C=O) groups is 1. The van der Waals surface area contributed by atoms with Crippen LogP contribution in [0.3, 0.4) is 0 Å². The number of ether oxygens (including phenoxy) is 2. The molecule has 0 fully saturated rings. The van der Waals surface area contributed by atoms with Crippen molar-refractivity contribution in [2.24, 2.45) is 5.73 Å². The maximum atomic E-state index is 11.5. The van der Waals surface area contributed by atoms with E-state index < -0.39 is 5.97 Å². The minimum Gasteiger partial charge on any atom is -0.458 e. The molecule has 1 aromatic heterocycles. The van der Waals surface area contributed by atoms with Gasteiger partial charge in [-0.05, 0) is 6.42 Å². The van der Waals surface area contributed by atoms with Crippen LogP contribution in [0, 0.1) is 0 Å². The van der Waals surface area contributed by atoms with Crippen molar-refractivity contribution < 1.29 is 14.3 Å². The molecule has 1 aromatic rings. The Labute approximate surface area is 105 Å². The molecule has 0 atom stereocenters. The van der Waals surface area contributed by atoms with Crippen LogP contribution in [0.4, 0.5) is 0 Å². The first-order valence-electron chi connectivity index (χ1n) is 5.67. The van der Waals surface area contributed by atoms with Crippen molar-refractivity contribution >= 4 is 17.3 Å². The van der Waals surface area contributed by atoms with Crippen molar-refractivity contribution in [3.05, 3.63) is 16.1 Å². The van der Waals surface area contributed by atoms with Crippen LogP contribution < -0.4 is 5.73 Å². The summed E-state index contributed by atoms with van der Waals surface area (Å²) in [5.74, 6) is -0.417. The van der Waals surface area contributed by atoms with E-state index in [1.807, 2.05) is 0 Å². The van der Waals surface area contributed by atoms with Crippen molar-refractivity contribution in [2.45, 2.75) is 26.3 Å². The average molecular weight is 258 g/mol. The van der Waals surface area contributed by atoms with E-state index in [-0.39, 0.29) is 6.61 Å². The van der Waals surface area contributed by atoms with Crippen LogP contribution in [-0.2, 0) is 16.0 Å². The Hall–Kier alpha value is -0.980. The third-order valence-electron chi connectivity index (χ3n) is 2.04. The van der Waals surface area contributed by atoms with Gasteiger partial charge in [0.15, 0.2) is 5.69 Å². The molecule has 1 heterocycles. The predicted octanol–water partition coefficient (Wildman–Crippen LogP) is 1.58. The lowest BCUT2D eigenvalue weighted by Crippen LogP contribution is -2.12. The van der Waals surface area contributed by atoms with Gasteiger partial charge >= 0.3 is 5.97 Å². The standard InChI is InChI=1S/C11H18N2O3S/c1-2-3-4-15-5-6-16-11(14)9-8-17-10(7-12)13-9/h8H,2-7,12H2,1H3.